The Balaban J connectivity index is 0.000000131. The number of nitrogens with two attached hydrogens (primary N) is 1. The van der Waals surface area contributed by atoms with E-state index in [9.17, 15) is 4.79 Å². The minimum Gasteiger partial charge on any atom is -0.368 e. The number of thiol groups is 1. The van der Waals surface area contributed by atoms with E-state index in [1.807, 2.05) is 0 Å². The zero-order valence-corrected chi connectivity index (χ0v) is 11.3. The fourth-order valence-corrected chi connectivity index (χ4v) is 1.73. The largest absolute Gasteiger partial charge is 0.368 e. The fraction of sp³-hybridized carbons (Fsp3) is 0. The molecule has 10 nitrogen and oxygen atoms in total. The normalized spacial score (nSPS) is 10.5. The minimum atomic E-state index is -0.373. The van der Waals surface area contributed by atoms with Gasteiger partial charge in [-0.05, 0) is 0 Å². The summed E-state index contributed by atoms with van der Waals surface area (Å²) in [5.74, 6) is 0.0417. The molecule has 106 valence electrons. The molecular formula is C10H9N9OS. The number of nitrogens with zero attached hydrogens (tertiary/aromatic N) is 6. The molecule has 0 saturated heterocycles. The number of aromatic nitrogens is 8. The van der Waals surface area contributed by atoms with E-state index in [-0.39, 0.29) is 17.0 Å². The molecule has 4 N–H and O–H groups in total. The molecule has 0 atom stereocenters. The van der Waals surface area contributed by atoms with Crippen molar-refractivity contribution in [3.05, 3.63) is 35.5 Å². The molecule has 0 amide bonds. The van der Waals surface area contributed by atoms with Crippen LogP contribution in [0.5, 0.6) is 0 Å². The average Bonchev–Trinajstić information content (AvgIpc) is 3.14. The molecule has 0 aromatic carbocycles. The summed E-state index contributed by atoms with van der Waals surface area (Å²) in [7, 11) is 0. The maximum absolute atomic E-state index is 11.3. The van der Waals surface area contributed by atoms with Gasteiger partial charge in [-0.1, -0.05) is 12.8 Å². The van der Waals surface area contributed by atoms with E-state index in [0.29, 0.717) is 5.65 Å². The van der Waals surface area contributed by atoms with E-state index < -0.39 is 0 Å². The molecule has 0 radical (unpaired) electrons. The van der Waals surface area contributed by atoms with Crippen molar-refractivity contribution in [1.29, 1.82) is 0 Å². The van der Waals surface area contributed by atoms with Crippen LogP contribution in [0.25, 0.3) is 22.3 Å². The van der Waals surface area contributed by atoms with Crippen molar-refractivity contribution in [3.63, 3.8) is 0 Å². The van der Waals surface area contributed by atoms with Crippen LogP contribution < -0.4 is 11.3 Å². The second-order valence-corrected chi connectivity index (χ2v) is 4.25. The van der Waals surface area contributed by atoms with Crippen molar-refractivity contribution in [3.8, 4) is 0 Å². The molecular weight excluding hydrogens is 294 g/mol. The van der Waals surface area contributed by atoms with Crippen LogP contribution in [0.15, 0.2) is 30.0 Å². The number of imidazole rings is 2. The Morgan fingerprint density at radius 1 is 1.14 bits per heavy atom. The number of anilines is 1. The lowest BCUT2D eigenvalue weighted by Gasteiger charge is -1.97. The highest BCUT2D eigenvalue weighted by Crippen LogP contribution is 2.03. The first-order chi connectivity index (χ1) is 10.2. The lowest BCUT2D eigenvalue weighted by Crippen LogP contribution is -2.18. The zero-order valence-electron chi connectivity index (χ0n) is 10.4. The number of hydrogen-bond acceptors (Lipinski definition) is 8. The summed E-state index contributed by atoms with van der Waals surface area (Å²) in [5.41, 5.74) is 7.20. The molecule has 0 unspecified atom stereocenters. The van der Waals surface area contributed by atoms with Gasteiger partial charge >= 0.3 is 0 Å². The Bertz CT molecular complexity index is 926. The molecule has 4 aromatic rings. The predicted octanol–water partition coefficient (Wildman–Crippen LogP) is -0.252. The van der Waals surface area contributed by atoms with Crippen LogP contribution in [0.4, 0.5) is 5.95 Å². The Hall–Kier alpha value is -2.95. The second-order valence-electron chi connectivity index (χ2n) is 3.85. The number of H-pyrrole nitrogens is 2. The number of fused-ring (bicyclic) bond motifs is 2. The molecule has 0 fully saturated rings. The molecule has 0 aliphatic rings. The molecule has 0 aliphatic heterocycles. The van der Waals surface area contributed by atoms with Crippen LogP contribution in [0.1, 0.15) is 0 Å². The first-order valence-electron chi connectivity index (χ1n) is 5.67. The Morgan fingerprint density at radius 2 is 1.90 bits per heavy atom. The van der Waals surface area contributed by atoms with Gasteiger partial charge in [0.05, 0.1) is 18.9 Å². The molecule has 4 heterocycles. The van der Waals surface area contributed by atoms with E-state index in [2.05, 4.69) is 47.7 Å². The van der Waals surface area contributed by atoms with Crippen LogP contribution in [-0.2, 0) is 0 Å². The number of aromatic amines is 2. The van der Waals surface area contributed by atoms with Gasteiger partial charge < -0.3 is 15.7 Å². The van der Waals surface area contributed by atoms with Gasteiger partial charge in [-0.15, -0.1) is 0 Å². The lowest BCUT2D eigenvalue weighted by molar-refractivity contribution is 1.11. The maximum atomic E-state index is 11.3. The number of rotatable bonds is 0. The predicted molar refractivity (Wildman–Crippen MR) is 78.6 cm³/mol. The summed E-state index contributed by atoms with van der Waals surface area (Å²) < 4.78 is 0.948. The third-order valence-corrected chi connectivity index (χ3v) is 2.94. The maximum Gasteiger partial charge on any atom is 0.293 e. The summed E-state index contributed by atoms with van der Waals surface area (Å²) in [4.78, 5) is 36.1. The molecule has 21 heavy (non-hydrogen) atoms. The summed E-state index contributed by atoms with van der Waals surface area (Å²) in [6.07, 6.45) is 6.13. The molecule has 0 spiro atoms. The molecule has 4 rings (SSSR count). The Morgan fingerprint density at radius 3 is 2.71 bits per heavy atom. The molecule has 0 bridgehead atoms. The third-order valence-electron chi connectivity index (χ3n) is 2.56. The van der Waals surface area contributed by atoms with Crippen LogP contribution >= 0.6 is 12.8 Å². The van der Waals surface area contributed by atoms with Gasteiger partial charge in [0.15, 0.2) is 16.8 Å². The van der Waals surface area contributed by atoms with Gasteiger partial charge in [-0.2, -0.15) is 4.98 Å². The summed E-state index contributed by atoms with van der Waals surface area (Å²) in [6, 6.07) is 0. The van der Waals surface area contributed by atoms with Gasteiger partial charge in [-0.3, -0.25) is 4.79 Å². The SMILES string of the molecule is Nc1nc2[nH]cnc2c(=O)n1S.c1ncc2nc[nH]c2n1. The van der Waals surface area contributed by atoms with Crippen molar-refractivity contribution >= 4 is 41.1 Å². The highest BCUT2D eigenvalue weighted by Gasteiger charge is 2.07. The van der Waals surface area contributed by atoms with E-state index in [1.165, 1.54) is 12.7 Å². The topological polar surface area (TPSA) is 144 Å². The van der Waals surface area contributed by atoms with Crippen LogP contribution in [0.3, 0.4) is 0 Å². The van der Waals surface area contributed by atoms with Crippen molar-refractivity contribution in [2.45, 2.75) is 0 Å². The van der Waals surface area contributed by atoms with E-state index in [4.69, 9.17) is 5.73 Å². The highest BCUT2D eigenvalue weighted by atomic mass is 32.1. The number of nitrogens with one attached hydrogen (secondary N) is 2. The Labute approximate surface area is 122 Å². The smallest absolute Gasteiger partial charge is 0.293 e. The van der Waals surface area contributed by atoms with Gasteiger partial charge in [0.2, 0.25) is 5.95 Å². The third kappa shape index (κ3) is 2.41. The molecule has 11 heteroatoms. The summed E-state index contributed by atoms with van der Waals surface area (Å²) >= 11 is 3.82. The molecule has 4 aromatic heterocycles. The number of hydrogen-bond donors (Lipinski definition) is 4. The van der Waals surface area contributed by atoms with Gasteiger partial charge in [-0.25, -0.2) is 23.9 Å². The minimum absolute atomic E-state index is 0.0417. The summed E-state index contributed by atoms with van der Waals surface area (Å²) in [5, 5.41) is 0. The molecule has 0 saturated carbocycles. The quantitative estimate of drug-likeness (QED) is 0.328. The van der Waals surface area contributed by atoms with Crippen LogP contribution in [0, 0.1) is 0 Å². The highest BCUT2D eigenvalue weighted by molar-refractivity contribution is 7.78. The van der Waals surface area contributed by atoms with Gasteiger partial charge in [0.1, 0.15) is 11.8 Å². The van der Waals surface area contributed by atoms with Crippen molar-refractivity contribution in [2.24, 2.45) is 0 Å². The second kappa shape index (κ2) is 5.20. The average molecular weight is 303 g/mol. The van der Waals surface area contributed by atoms with Gasteiger partial charge in [0, 0.05) is 0 Å². The van der Waals surface area contributed by atoms with E-state index in [0.717, 1.165) is 15.1 Å². The lowest BCUT2D eigenvalue weighted by atomic mass is 10.5. The van der Waals surface area contributed by atoms with Gasteiger partial charge in [0.25, 0.3) is 5.56 Å². The van der Waals surface area contributed by atoms with Crippen molar-refractivity contribution in [2.75, 3.05) is 5.73 Å². The summed E-state index contributed by atoms with van der Waals surface area (Å²) in [6.45, 7) is 0. The standard InChI is InChI=1S/C5H5N5OS.C5H4N4/c6-5-9-3-2(7-1-8-3)4(11)10(5)12;1-4-5(8-2-6-1)9-3-7-4/h1,12H,(H2,6,9)(H,7,8);1-3H,(H,6,7,8,9). The fourth-order valence-electron chi connectivity index (χ4n) is 1.59. The zero-order chi connectivity index (χ0) is 14.8. The number of nitrogen functional groups attached to an aromatic ring is 1. The van der Waals surface area contributed by atoms with Crippen molar-refractivity contribution < 1.29 is 0 Å². The molecule has 0 aliphatic carbocycles. The van der Waals surface area contributed by atoms with Crippen LogP contribution in [0.2, 0.25) is 0 Å². The van der Waals surface area contributed by atoms with E-state index in [1.54, 1.807) is 12.5 Å². The first-order valence-corrected chi connectivity index (χ1v) is 6.07. The van der Waals surface area contributed by atoms with Crippen LogP contribution in [-0.4, -0.2) is 38.9 Å². The van der Waals surface area contributed by atoms with E-state index >= 15 is 0 Å². The first kappa shape index (κ1) is 13.1. The Kier molecular flexibility index (Phi) is 3.23. The monoisotopic (exact) mass is 303 g/mol. The van der Waals surface area contributed by atoms with Crippen molar-refractivity contribution in [1.82, 2.24) is 38.9 Å².